The zero-order chi connectivity index (χ0) is 11.4. The Hall–Kier alpha value is -0.800. The summed E-state index contributed by atoms with van der Waals surface area (Å²) in [6, 6.07) is 16.4. The van der Waals surface area contributed by atoms with E-state index in [1.165, 1.54) is 5.56 Å². The van der Waals surface area contributed by atoms with Crippen LogP contribution in [-0.4, -0.2) is 0 Å². The average molecular weight is 341 g/mol. The first-order valence-corrected chi connectivity index (χ1v) is 6.58. The molecule has 0 atom stereocenters. The number of anilines is 1. The summed E-state index contributed by atoms with van der Waals surface area (Å²) in [4.78, 5) is 0. The Morgan fingerprint density at radius 2 is 1.44 bits per heavy atom. The van der Waals surface area contributed by atoms with Gasteiger partial charge in [0.15, 0.2) is 0 Å². The maximum Gasteiger partial charge on any atom is 0.0631 e. The third kappa shape index (κ3) is 2.86. The molecule has 0 amide bonds. The first-order chi connectivity index (χ1) is 7.77. The summed E-state index contributed by atoms with van der Waals surface area (Å²) in [6.45, 7) is 0.821. The lowest BCUT2D eigenvalue weighted by Crippen LogP contribution is -2.00. The lowest BCUT2D eigenvalue weighted by molar-refractivity contribution is 1.14. The second kappa shape index (κ2) is 5.51. The van der Waals surface area contributed by atoms with E-state index < -0.39 is 0 Å². The predicted molar refractivity (Wildman–Crippen MR) is 75.6 cm³/mol. The molecule has 2 aromatic rings. The second-order valence-corrected chi connectivity index (χ2v) is 5.14. The van der Waals surface area contributed by atoms with Crippen molar-refractivity contribution in [1.29, 1.82) is 0 Å². The summed E-state index contributed by atoms with van der Waals surface area (Å²) in [5.74, 6) is 0. The van der Waals surface area contributed by atoms with Gasteiger partial charge < -0.3 is 5.32 Å². The number of nitrogens with one attached hydrogen (secondary N) is 1. The molecule has 0 aliphatic heterocycles. The van der Waals surface area contributed by atoms with Gasteiger partial charge in [0, 0.05) is 15.5 Å². The molecule has 0 saturated heterocycles. The quantitative estimate of drug-likeness (QED) is 0.844. The monoisotopic (exact) mass is 339 g/mol. The highest BCUT2D eigenvalue weighted by atomic mass is 79.9. The molecule has 0 unspecified atom stereocenters. The zero-order valence-electron chi connectivity index (χ0n) is 8.58. The Morgan fingerprint density at radius 3 is 2.06 bits per heavy atom. The molecule has 0 heterocycles. The zero-order valence-corrected chi connectivity index (χ0v) is 11.8. The maximum absolute atomic E-state index is 3.53. The molecule has 0 aliphatic rings. The lowest BCUT2D eigenvalue weighted by atomic mass is 10.2. The van der Waals surface area contributed by atoms with Gasteiger partial charge in [-0.1, -0.05) is 36.4 Å². The average Bonchev–Trinajstić information content (AvgIpc) is 2.30. The van der Waals surface area contributed by atoms with E-state index >= 15 is 0 Å². The molecule has 3 heteroatoms. The Balaban J connectivity index is 2.11. The topological polar surface area (TPSA) is 12.0 Å². The van der Waals surface area contributed by atoms with Crippen LogP contribution >= 0.6 is 31.9 Å². The molecule has 0 aromatic heterocycles. The summed E-state index contributed by atoms with van der Waals surface area (Å²) in [5, 5.41) is 3.40. The molecular formula is C13H11Br2N. The summed E-state index contributed by atoms with van der Waals surface area (Å²) >= 11 is 7.06. The third-order valence-corrected chi connectivity index (χ3v) is 3.60. The van der Waals surface area contributed by atoms with Gasteiger partial charge in [0.05, 0.1) is 5.69 Å². The van der Waals surface area contributed by atoms with Crippen molar-refractivity contribution in [3.05, 3.63) is 63.0 Å². The smallest absolute Gasteiger partial charge is 0.0631 e. The SMILES string of the molecule is Brc1cccc(Br)c1NCc1ccccc1. The van der Waals surface area contributed by atoms with Gasteiger partial charge in [-0.2, -0.15) is 0 Å². The van der Waals surface area contributed by atoms with Crippen LogP contribution in [0.4, 0.5) is 5.69 Å². The standard InChI is InChI=1S/C13H11Br2N/c14-11-7-4-8-12(15)13(11)16-9-10-5-2-1-3-6-10/h1-8,16H,9H2. The van der Waals surface area contributed by atoms with Gasteiger partial charge in [-0.05, 0) is 49.6 Å². The Kier molecular flexibility index (Phi) is 4.02. The molecule has 0 aliphatic carbocycles. The van der Waals surface area contributed by atoms with Crippen molar-refractivity contribution < 1.29 is 0 Å². The fourth-order valence-electron chi connectivity index (χ4n) is 1.45. The predicted octanol–water partition coefficient (Wildman–Crippen LogP) is 4.82. The van der Waals surface area contributed by atoms with Gasteiger partial charge in [-0.15, -0.1) is 0 Å². The van der Waals surface area contributed by atoms with Crippen LogP contribution in [0, 0.1) is 0 Å². The van der Waals surface area contributed by atoms with Crippen molar-refractivity contribution in [3.63, 3.8) is 0 Å². The van der Waals surface area contributed by atoms with Crippen molar-refractivity contribution in [3.8, 4) is 0 Å². The van der Waals surface area contributed by atoms with Gasteiger partial charge in [0.2, 0.25) is 0 Å². The molecule has 1 nitrogen and oxygen atoms in total. The van der Waals surface area contributed by atoms with Gasteiger partial charge in [-0.3, -0.25) is 0 Å². The van der Waals surface area contributed by atoms with E-state index in [1.54, 1.807) is 0 Å². The van der Waals surface area contributed by atoms with E-state index in [9.17, 15) is 0 Å². The van der Waals surface area contributed by atoms with Crippen molar-refractivity contribution in [2.45, 2.75) is 6.54 Å². The molecule has 0 fully saturated rings. The molecule has 1 N–H and O–H groups in total. The van der Waals surface area contributed by atoms with Crippen LogP contribution in [0.2, 0.25) is 0 Å². The van der Waals surface area contributed by atoms with Crippen LogP contribution in [0.15, 0.2) is 57.5 Å². The van der Waals surface area contributed by atoms with Crippen molar-refractivity contribution in [1.82, 2.24) is 0 Å². The highest BCUT2D eigenvalue weighted by Crippen LogP contribution is 2.30. The van der Waals surface area contributed by atoms with Crippen molar-refractivity contribution in [2.75, 3.05) is 5.32 Å². The minimum atomic E-state index is 0.821. The van der Waals surface area contributed by atoms with Crippen LogP contribution in [0.1, 0.15) is 5.56 Å². The number of benzene rings is 2. The van der Waals surface area contributed by atoms with E-state index in [0.29, 0.717) is 0 Å². The second-order valence-electron chi connectivity index (χ2n) is 3.44. The molecule has 82 valence electrons. The lowest BCUT2D eigenvalue weighted by Gasteiger charge is -2.10. The Bertz CT molecular complexity index is 448. The van der Waals surface area contributed by atoms with Gasteiger partial charge >= 0.3 is 0 Å². The summed E-state index contributed by atoms with van der Waals surface area (Å²) in [5.41, 5.74) is 2.36. The molecule has 0 bridgehead atoms. The van der Waals surface area contributed by atoms with Gasteiger partial charge in [0.25, 0.3) is 0 Å². The van der Waals surface area contributed by atoms with E-state index in [1.807, 2.05) is 36.4 Å². The fraction of sp³-hybridized carbons (Fsp3) is 0.0769. The van der Waals surface area contributed by atoms with Crippen molar-refractivity contribution >= 4 is 37.5 Å². The normalized spacial score (nSPS) is 10.1. The summed E-state index contributed by atoms with van der Waals surface area (Å²) < 4.78 is 2.13. The van der Waals surface area contributed by atoms with Crippen LogP contribution in [-0.2, 0) is 6.54 Å². The Morgan fingerprint density at radius 1 is 0.812 bits per heavy atom. The molecule has 2 aromatic carbocycles. The van der Waals surface area contributed by atoms with Gasteiger partial charge in [0.1, 0.15) is 0 Å². The molecular weight excluding hydrogens is 330 g/mol. The minimum Gasteiger partial charge on any atom is -0.379 e. The van der Waals surface area contributed by atoms with Crippen LogP contribution in [0.25, 0.3) is 0 Å². The molecule has 2 rings (SSSR count). The van der Waals surface area contributed by atoms with Gasteiger partial charge in [-0.25, -0.2) is 0 Å². The maximum atomic E-state index is 3.53. The molecule has 0 radical (unpaired) electrons. The third-order valence-electron chi connectivity index (χ3n) is 2.27. The first kappa shape index (κ1) is 11.7. The van der Waals surface area contributed by atoms with E-state index in [0.717, 1.165) is 21.2 Å². The highest BCUT2D eigenvalue weighted by molar-refractivity contribution is 9.11. The highest BCUT2D eigenvalue weighted by Gasteiger charge is 2.03. The molecule has 0 saturated carbocycles. The van der Waals surface area contributed by atoms with Crippen LogP contribution in [0.5, 0.6) is 0 Å². The summed E-state index contributed by atoms with van der Waals surface area (Å²) in [7, 11) is 0. The number of hydrogen-bond acceptors (Lipinski definition) is 1. The molecule has 0 spiro atoms. The minimum absolute atomic E-state index is 0.821. The Labute approximate surface area is 112 Å². The van der Waals surface area contributed by atoms with Crippen LogP contribution < -0.4 is 5.32 Å². The van der Waals surface area contributed by atoms with E-state index in [-0.39, 0.29) is 0 Å². The van der Waals surface area contributed by atoms with Crippen molar-refractivity contribution in [2.24, 2.45) is 0 Å². The van der Waals surface area contributed by atoms with E-state index in [2.05, 4.69) is 49.3 Å². The van der Waals surface area contributed by atoms with E-state index in [4.69, 9.17) is 0 Å². The summed E-state index contributed by atoms with van der Waals surface area (Å²) in [6.07, 6.45) is 0. The largest absolute Gasteiger partial charge is 0.379 e. The number of para-hydroxylation sites is 1. The van der Waals surface area contributed by atoms with Crippen LogP contribution in [0.3, 0.4) is 0 Å². The number of hydrogen-bond donors (Lipinski definition) is 1. The number of halogens is 2. The molecule has 16 heavy (non-hydrogen) atoms. The first-order valence-electron chi connectivity index (χ1n) is 4.99. The fourth-order valence-corrected chi connectivity index (χ4v) is 2.73. The number of rotatable bonds is 3.